The van der Waals surface area contributed by atoms with E-state index in [9.17, 15) is 38.7 Å². The molecule has 0 atom stereocenters. The summed E-state index contributed by atoms with van der Waals surface area (Å²) in [5.41, 5.74) is 2.82. The Kier molecular flexibility index (Phi) is 35.2. The minimum Gasteiger partial charge on any atom is -0.462 e. The number of furan rings is 8. The van der Waals surface area contributed by atoms with Crippen LogP contribution in [0, 0.1) is 66.2 Å². The highest BCUT2D eigenvalue weighted by Crippen LogP contribution is 2.61. The highest BCUT2D eigenvalue weighted by Gasteiger charge is 2.27. The average Bonchev–Trinajstić information content (AvgIpc) is 1.64. The number of fused-ring (bicyclic) bond motifs is 3. The summed E-state index contributed by atoms with van der Waals surface area (Å²) in [6.07, 6.45) is 16.3. The number of nitrogens with zero attached hydrogens (tertiary/aromatic N) is 14. The number of H-pyrrole nitrogens is 2. The minimum absolute atomic E-state index is 0.113. The van der Waals surface area contributed by atoms with E-state index in [4.69, 9.17) is 95.3 Å². The predicted octanol–water partition coefficient (Wildman–Crippen LogP) is 17.1. The number of ether oxygens (including phenoxy) is 1. The Morgan fingerprint density at radius 2 is 1.16 bits per heavy atom. The van der Waals surface area contributed by atoms with Crippen molar-refractivity contribution in [3.05, 3.63) is 214 Å². The number of aromatic nitrogens is 10. The van der Waals surface area contributed by atoms with Crippen molar-refractivity contribution in [2.24, 2.45) is 4.99 Å². The maximum absolute atomic E-state index is 11.8. The fourth-order valence-electron chi connectivity index (χ4n) is 9.50. The second-order valence-electron chi connectivity index (χ2n) is 22.4. The van der Waals surface area contributed by atoms with Gasteiger partial charge in [0, 0.05) is 43.3 Å². The van der Waals surface area contributed by atoms with Crippen LogP contribution in [0.2, 0.25) is 5.15 Å². The van der Waals surface area contributed by atoms with Crippen LogP contribution in [0.5, 0.6) is 0 Å². The molecule has 2 fully saturated rings. The maximum Gasteiger partial charge on any atom is 0.340 e. The second-order valence-corrected chi connectivity index (χ2v) is 31.7. The summed E-state index contributed by atoms with van der Waals surface area (Å²) in [6, 6.07) is 20.7. The third-order valence-electron chi connectivity index (χ3n) is 14.3. The molecule has 13 aromatic heterocycles. The maximum atomic E-state index is 11.8. The molecule has 0 radical (unpaired) electrons. The molecule has 114 heavy (non-hydrogen) atoms. The molecule has 2 N–H and O–H groups in total. The number of carbonyl (C=O) groups excluding carboxylic acids is 3. The SMILES string of the molecule is CCl.Cc1ccc(-c2coc3nc[nH]c(=O)c23)o1.Cc1ccc(-c2coc3ncnc(Cl)c23)o1.Cc1ccc(-c2coc3ncnc(Sc4nnc(CN5CCCC5=O)o4)c23)o1.Cc1ccc(/C=C(\Cl)[N+](=O)[O-])o1.Cc1ccc(C=O)o1.N#Cc1cc(=O)[nH]cn1.O=C1CCCN1CC1=NCC(=S)O1.O=P(Cl)(Cl)Cl.O=[N+]([O-])CBr. The number of halogens is 7. The van der Waals surface area contributed by atoms with Gasteiger partial charge >= 0.3 is 10.4 Å². The zero-order valence-electron chi connectivity index (χ0n) is 60.0. The van der Waals surface area contributed by atoms with Gasteiger partial charge < -0.3 is 64.3 Å². The molecule has 16 rings (SSSR count). The number of aromatic amines is 2. The lowest BCUT2D eigenvalue weighted by molar-refractivity contribution is -0.454. The molecule has 13 aromatic rings. The monoisotopic (exact) mass is 1800 g/mol. The molecule has 46 heteroatoms. The van der Waals surface area contributed by atoms with Gasteiger partial charge in [0.2, 0.25) is 40.7 Å². The van der Waals surface area contributed by atoms with Crippen molar-refractivity contribution in [2.45, 2.75) is 77.1 Å². The Hall–Kier alpha value is -10.9. The number of rotatable bonds is 13. The number of carbonyl (C=O) groups is 3. The van der Waals surface area contributed by atoms with Crippen LogP contribution in [0.1, 0.15) is 82.4 Å². The lowest BCUT2D eigenvalue weighted by Gasteiger charge is -2.13. The molecule has 2 amide bonds. The van der Waals surface area contributed by atoms with Crippen molar-refractivity contribution >= 4 is 182 Å². The Balaban J connectivity index is 0.000000186. The van der Waals surface area contributed by atoms with Crippen LogP contribution in [0.25, 0.3) is 73.3 Å². The number of hydrogen-bond donors (Lipinski definition) is 2. The number of aliphatic imine (C=N–C) groups is 1. The van der Waals surface area contributed by atoms with E-state index in [0.717, 1.165) is 77.6 Å². The van der Waals surface area contributed by atoms with Gasteiger partial charge in [0.1, 0.15) is 117 Å². The summed E-state index contributed by atoms with van der Waals surface area (Å²) in [7, 11) is 0. The molecule has 0 spiro atoms. The van der Waals surface area contributed by atoms with Crippen LogP contribution >= 0.6 is 114 Å². The summed E-state index contributed by atoms with van der Waals surface area (Å²) < 4.78 is 63.0. The number of nitriles is 1. The number of alkyl halides is 2. The quantitative estimate of drug-likeness (QED) is 0.0158. The first-order valence-electron chi connectivity index (χ1n) is 32.3. The van der Waals surface area contributed by atoms with Crippen LogP contribution in [0.4, 0.5) is 0 Å². The number of hydrogen-bond acceptors (Lipinski definition) is 32. The first-order chi connectivity index (χ1) is 54.4. The zero-order chi connectivity index (χ0) is 83.2. The van der Waals surface area contributed by atoms with Gasteiger partial charge in [0.05, 0.1) is 64.2 Å². The van der Waals surface area contributed by atoms with Gasteiger partial charge in [-0.25, -0.2) is 34.9 Å². The molecule has 36 nitrogen and oxygen atoms in total. The van der Waals surface area contributed by atoms with Crippen molar-refractivity contribution in [1.29, 1.82) is 5.26 Å². The number of amides is 2. The molecule has 0 saturated carbocycles. The lowest BCUT2D eigenvalue weighted by Crippen LogP contribution is -2.31. The normalized spacial score (nSPS) is 12.6. The summed E-state index contributed by atoms with van der Waals surface area (Å²) in [5.74, 6) is 7.91. The van der Waals surface area contributed by atoms with E-state index >= 15 is 0 Å². The average molecular weight is 1810 g/mol. The van der Waals surface area contributed by atoms with Gasteiger partial charge in [0.25, 0.3) is 21.8 Å². The molecule has 0 aromatic carbocycles. The van der Waals surface area contributed by atoms with Crippen molar-refractivity contribution in [1.82, 2.24) is 59.9 Å². The Labute approximate surface area is 689 Å². The van der Waals surface area contributed by atoms with E-state index in [1.165, 1.54) is 49.7 Å². The molecule has 16 heterocycles. The van der Waals surface area contributed by atoms with Gasteiger partial charge in [-0.2, -0.15) is 5.26 Å². The van der Waals surface area contributed by atoms with Crippen LogP contribution in [0.3, 0.4) is 0 Å². The lowest BCUT2D eigenvalue weighted by atomic mass is 10.2. The van der Waals surface area contributed by atoms with Gasteiger partial charge in [-0.05, 0) is 193 Å². The van der Waals surface area contributed by atoms with Crippen LogP contribution < -0.4 is 11.1 Å². The molecular weight excluding hydrogens is 1750 g/mol. The second kappa shape index (κ2) is 44.5. The number of aldehydes is 1. The molecule has 2 saturated heterocycles. The van der Waals surface area contributed by atoms with E-state index in [0.29, 0.717) is 139 Å². The summed E-state index contributed by atoms with van der Waals surface area (Å²) in [5, 5.41) is 35.5. The highest BCUT2D eigenvalue weighted by atomic mass is 79.9. The zero-order valence-corrected chi connectivity index (χ0v) is 68.6. The smallest absolute Gasteiger partial charge is 0.340 e. The highest BCUT2D eigenvalue weighted by molar-refractivity contribution is 9.09. The molecule has 598 valence electrons. The largest absolute Gasteiger partial charge is 0.462 e. The van der Waals surface area contributed by atoms with E-state index in [1.807, 2.05) is 51.1 Å². The standard InChI is InChI=1S/C18H15N5O4S.C11H7ClN2O2.C11H8N2O3.C8H10N2O2S.C7H6ClNO3.C6H6O2.C5H3N3O.CH2BrNO2.CH3Cl.Cl3OP/c1-10-4-5-12(26-10)11-8-25-16-15(11)17(20-9-19-16)28-18-22-21-13(27-18)7-23-6-2-3-14(23)24;1-6-2-3-8(16-6)7-4-15-11-9(7)10(12)13-5-14-11;1-6-2-3-8(16-6)7-4-15-11-9(7)10(14)12-5-13-11;11-7-2-1-3-10(7)5-6-9-4-8(13)12-6;1-5-2-3-6(12-5)4-7(8)9(10)11;1-5-2-3-6(4-7)8-5;6-2-4-1-5(9)8-3-7-4;2-1-3(4)5;1-2;1-5(2,3)4/h4-5,8-9H,2-3,6-7H2,1H3;2-5H,1H3;2-5H,1H3,(H,12,13,14);1-5H2;2-4H,1H3;2-4H,1H3;1,3H,(H,7,8,9);1H2;1H3;/b;;;;7-4+;;;;;. The molecule has 3 aliphatic rings. The van der Waals surface area contributed by atoms with Crippen LogP contribution in [0.15, 0.2) is 181 Å². The fraction of sp³-hybridized carbons (Fsp3) is 0.235. The summed E-state index contributed by atoms with van der Waals surface area (Å²) >= 11 is 38.4. The van der Waals surface area contributed by atoms with Gasteiger partial charge in [0.15, 0.2) is 17.1 Å². The van der Waals surface area contributed by atoms with Gasteiger partial charge in [-0.3, -0.25) is 48.8 Å². The van der Waals surface area contributed by atoms with E-state index in [2.05, 4.69) is 116 Å². The number of nitrogens with one attached hydrogen (secondary N) is 2. The van der Waals surface area contributed by atoms with Crippen molar-refractivity contribution in [3.63, 3.8) is 0 Å². The number of nitro groups is 2. The number of aryl methyl sites for hydroxylation is 5. The van der Waals surface area contributed by atoms with Gasteiger partial charge in [-0.15, -0.1) is 21.8 Å². The van der Waals surface area contributed by atoms with E-state index < -0.39 is 20.2 Å². The van der Waals surface area contributed by atoms with Crippen LogP contribution in [-0.2, 0) is 25.4 Å². The Morgan fingerprint density at radius 1 is 0.675 bits per heavy atom. The van der Waals surface area contributed by atoms with Crippen molar-refractivity contribution < 1.29 is 73.3 Å². The molecule has 3 aliphatic heterocycles. The summed E-state index contributed by atoms with van der Waals surface area (Å²) in [6.45, 7) is 12.0. The molecular formula is C68H60BrCl6N16O20PS2. The van der Waals surface area contributed by atoms with E-state index in [1.54, 1.807) is 72.6 Å². The third-order valence-corrected chi connectivity index (χ3v) is 16.3. The molecule has 0 aliphatic carbocycles. The van der Waals surface area contributed by atoms with Crippen LogP contribution in [-0.4, -0.2) is 137 Å². The minimum atomic E-state index is -3.22. The van der Waals surface area contributed by atoms with Crippen molar-refractivity contribution in [3.8, 4) is 40.0 Å². The Morgan fingerprint density at radius 3 is 1.60 bits per heavy atom. The Bertz CT molecular complexity index is 5730. The third kappa shape index (κ3) is 28.3. The topological polar surface area (TPSA) is 494 Å². The summed E-state index contributed by atoms with van der Waals surface area (Å²) in [4.78, 5) is 109. The van der Waals surface area contributed by atoms with Gasteiger partial charge in [-0.1, -0.05) is 11.6 Å². The predicted molar refractivity (Wildman–Crippen MR) is 426 cm³/mol. The first kappa shape index (κ1) is 90.3. The van der Waals surface area contributed by atoms with E-state index in [-0.39, 0.29) is 34.1 Å². The molecule has 0 unspecified atom stereocenters. The first-order valence-corrected chi connectivity index (χ1v) is 40.6. The number of likely N-dealkylation sites (tertiary alicyclic amines) is 2. The molecule has 0 bridgehead atoms. The number of thiocarbonyl (C=S) groups is 1. The van der Waals surface area contributed by atoms with Crippen molar-refractivity contribution in [2.75, 3.05) is 38.0 Å². The fourth-order valence-corrected chi connectivity index (χ4v) is 10.8.